The molecule has 0 aliphatic rings. The second kappa shape index (κ2) is 7.27. The van der Waals surface area contributed by atoms with Crippen molar-refractivity contribution in [3.63, 3.8) is 0 Å². The number of hydrogen-bond acceptors (Lipinski definition) is 6. The molecule has 2 amide bonds. The predicted octanol–water partition coefficient (Wildman–Crippen LogP) is 1.41. The molecule has 27 heavy (non-hydrogen) atoms. The monoisotopic (exact) mass is 380 g/mol. The van der Waals surface area contributed by atoms with E-state index in [-0.39, 0.29) is 17.1 Å². The molecule has 0 atom stereocenters. The Morgan fingerprint density at radius 1 is 1.15 bits per heavy atom. The number of halogens is 3. The molecule has 2 N–H and O–H groups in total. The van der Waals surface area contributed by atoms with Crippen LogP contribution in [0.1, 0.15) is 16.1 Å². The molecule has 9 nitrogen and oxygen atoms in total. The summed E-state index contributed by atoms with van der Waals surface area (Å²) in [5.41, 5.74) is 3.49. The van der Waals surface area contributed by atoms with Gasteiger partial charge in [0, 0.05) is 5.56 Å². The molecule has 0 saturated carbocycles. The van der Waals surface area contributed by atoms with E-state index in [1.807, 2.05) is 0 Å². The zero-order chi connectivity index (χ0) is 19.4. The number of nitrogens with one attached hydrogen (secondary N) is 2. The van der Waals surface area contributed by atoms with E-state index < -0.39 is 30.1 Å². The van der Waals surface area contributed by atoms with Gasteiger partial charge in [0.15, 0.2) is 5.76 Å². The number of carbonyl (C=O) groups excluding carboxylic acids is 2. The molecule has 0 unspecified atom stereocenters. The van der Waals surface area contributed by atoms with Crippen molar-refractivity contribution >= 4 is 11.8 Å². The van der Waals surface area contributed by atoms with Crippen molar-refractivity contribution in [3.8, 4) is 11.4 Å². The number of furan rings is 1. The lowest BCUT2D eigenvalue weighted by Gasteiger charge is -2.06. The molecular formula is C15H11F3N6O3. The lowest BCUT2D eigenvalue weighted by Crippen LogP contribution is -2.43. The first kappa shape index (κ1) is 18.1. The van der Waals surface area contributed by atoms with E-state index in [9.17, 15) is 22.8 Å². The number of nitrogens with zero attached hydrogens (tertiary/aromatic N) is 4. The Labute approximate surface area is 149 Å². The quantitative estimate of drug-likeness (QED) is 0.662. The number of hydrogen-bond donors (Lipinski definition) is 2. The van der Waals surface area contributed by atoms with Gasteiger partial charge in [-0.05, 0) is 29.5 Å². The Balaban J connectivity index is 1.61. The standard InChI is InChI=1S/C15H11F3N6O3/c16-15(17,18)10-4-1-3-9(7-10)13-20-23-24(22-13)8-12(25)19-21-14(26)11-5-2-6-27-11/h1-7H,8H2,(H,19,25)(H,21,26). The first-order valence-electron chi connectivity index (χ1n) is 7.41. The van der Waals surface area contributed by atoms with Crippen molar-refractivity contribution in [2.75, 3.05) is 0 Å². The van der Waals surface area contributed by atoms with E-state index in [1.54, 1.807) is 0 Å². The Bertz CT molecular complexity index is 952. The van der Waals surface area contributed by atoms with Gasteiger partial charge in [0.05, 0.1) is 11.8 Å². The van der Waals surface area contributed by atoms with Crippen molar-refractivity contribution < 1.29 is 27.2 Å². The van der Waals surface area contributed by atoms with Crippen molar-refractivity contribution in [3.05, 3.63) is 54.0 Å². The molecule has 0 bridgehead atoms. The second-order valence-electron chi connectivity index (χ2n) is 5.20. The summed E-state index contributed by atoms with van der Waals surface area (Å²) in [6, 6.07) is 7.32. The molecule has 2 heterocycles. The highest BCUT2D eigenvalue weighted by atomic mass is 19.4. The number of benzene rings is 1. The Hall–Kier alpha value is -3.70. The zero-order valence-electron chi connectivity index (χ0n) is 13.4. The van der Waals surface area contributed by atoms with Crippen LogP contribution in [0, 0.1) is 0 Å². The van der Waals surface area contributed by atoms with Gasteiger partial charge in [0.1, 0.15) is 6.54 Å². The zero-order valence-corrected chi connectivity index (χ0v) is 13.4. The van der Waals surface area contributed by atoms with E-state index in [4.69, 9.17) is 4.42 Å². The lowest BCUT2D eigenvalue weighted by molar-refractivity contribution is -0.137. The minimum absolute atomic E-state index is 0.000938. The van der Waals surface area contributed by atoms with Crippen molar-refractivity contribution in [2.24, 2.45) is 0 Å². The first-order valence-corrected chi connectivity index (χ1v) is 7.41. The van der Waals surface area contributed by atoms with Crippen LogP contribution in [0.25, 0.3) is 11.4 Å². The van der Waals surface area contributed by atoms with Crippen LogP contribution < -0.4 is 10.9 Å². The summed E-state index contributed by atoms with van der Waals surface area (Å²) in [6.45, 7) is -0.412. The molecule has 3 aromatic rings. The molecule has 0 spiro atoms. The summed E-state index contributed by atoms with van der Waals surface area (Å²) in [5.74, 6) is -1.41. The maximum atomic E-state index is 12.8. The summed E-state index contributed by atoms with van der Waals surface area (Å²) in [5, 5.41) is 11.1. The Morgan fingerprint density at radius 3 is 2.67 bits per heavy atom. The van der Waals surface area contributed by atoms with E-state index in [0.29, 0.717) is 0 Å². The van der Waals surface area contributed by atoms with Crippen LogP contribution in [0.15, 0.2) is 47.1 Å². The van der Waals surface area contributed by atoms with Crippen LogP contribution >= 0.6 is 0 Å². The number of amides is 2. The molecule has 0 fully saturated rings. The van der Waals surface area contributed by atoms with E-state index in [2.05, 4.69) is 26.3 Å². The van der Waals surface area contributed by atoms with E-state index in [1.165, 1.54) is 30.5 Å². The molecule has 0 aliphatic carbocycles. The summed E-state index contributed by atoms with van der Waals surface area (Å²) in [4.78, 5) is 24.3. The van der Waals surface area contributed by atoms with Crippen LogP contribution in [-0.4, -0.2) is 32.0 Å². The van der Waals surface area contributed by atoms with Gasteiger partial charge in [-0.25, -0.2) is 0 Å². The van der Waals surface area contributed by atoms with Crippen LogP contribution in [0.5, 0.6) is 0 Å². The number of alkyl halides is 3. The average Bonchev–Trinajstić information content (AvgIpc) is 3.31. The van der Waals surface area contributed by atoms with Crippen LogP contribution in [0.2, 0.25) is 0 Å². The van der Waals surface area contributed by atoms with Gasteiger partial charge in [0.2, 0.25) is 5.82 Å². The van der Waals surface area contributed by atoms with Gasteiger partial charge in [-0.3, -0.25) is 20.4 Å². The third-order valence-corrected chi connectivity index (χ3v) is 3.25. The number of aromatic nitrogens is 4. The van der Waals surface area contributed by atoms with Crippen molar-refractivity contribution in [1.29, 1.82) is 0 Å². The fourth-order valence-corrected chi connectivity index (χ4v) is 2.02. The first-order chi connectivity index (χ1) is 12.8. The summed E-state index contributed by atoms with van der Waals surface area (Å²) >= 11 is 0. The van der Waals surface area contributed by atoms with Gasteiger partial charge in [-0.2, -0.15) is 18.0 Å². The second-order valence-corrected chi connectivity index (χ2v) is 5.20. The topological polar surface area (TPSA) is 115 Å². The summed E-state index contributed by atoms with van der Waals surface area (Å²) in [6.07, 6.45) is -3.20. The number of carbonyl (C=O) groups is 2. The van der Waals surface area contributed by atoms with Gasteiger partial charge in [0.25, 0.3) is 5.91 Å². The highest BCUT2D eigenvalue weighted by molar-refractivity contribution is 5.92. The highest BCUT2D eigenvalue weighted by Crippen LogP contribution is 2.31. The van der Waals surface area contributed by atoms with Gasteiger partial charge >= 0.3 is 12.1 Å². The fourth-order valence-electron chi connectivity index (χ4n) is 2.02. The van der Waals surface area contributed by atoms with Crippen molar-refractivity contribution in [1.82, 2.24) is 31.1 Å². The van der Waals surface area contributed by atoms with Crippen molar-refractivity contribution in [2.45, 2.75) is 12.7 Å². The average molecular weight is 380 g/mol. The Kier molecular flexibility index (Phi) is 4.88. The third-order valence-electron chi connectivity index (χ3n) is 3.25. The van der Waals surface area contributed by atoms with Crippen LogP contribution in [-0.2, 0) is 17.5 Å². The minimum Gasteiger partial charge on any atom is -0.459 e. The fraction of sp³-hybridized carbons (Fsp3) is 0.133. The Morgan fingerprint density at radius 2 is 1.96 bits per heavy atom. The van der Waals surface area contributed by atoms with E-state index in [0.717, 1.165) is 16.9 Å². The number of rotatable bonds is 4. The molecule has 140 valence electrons. The molecular weight excluding hydrogens is 369 g/mol. The van der Waals surface area contributed by atoms with E-state index >= 15 is 0 Å². The van der Waals surface area contributed by atoms with Gasteiger partial charge < -0.3 is 4.42 Å². The van der Waals surface area contributed by atoms with Gasteiger partial charge in [-0.15, -0.1) is 10.2 Å². The number of tetrazole rings is 1. The maximum absolute atomic E-state index is 12.8. The molecule has 0 aliphatic heterocycles. The molecule has 1 aromatic carbocycles. The molecule has 3 rings (SSSR count). The predicted molar refractivity (Wildman–Crippen MR) is 82.6 cm³/mol. The third kappa shape index (κ3) is 4.48. The maximum Gasteiger partial charge on any atom is 0.416 e. The van der Waals surface area contributed by atoms with Gasteiger partial charge in [-0.1, -0.05) is 12.1 Å². The molecule has 12 heteroatoms. The lowest BCUT2D eigenvalue weighted by atomic mass is 10.1. The van der Waals surface area contributed by atoms with Crippen LogP contribution in [0.3, 0.4) is 0 Å². The molecule has 2 aromatic heterocycles. The SMILES string of the molecule is O=C(Cn1nnc(-c2cccc(C(F)(F)F)c2)n1)NNC(=O)c1ccco1. The minimum atomic E-state index is -4.50. The normalized spacial score (nSPS) is 11.2. The number of hydrazine groups is 1. The summed E-state index contributed by atoms with van der Waals surface area (Å²) in [7, 11) is 0. The highest BCUT2D eigenvalue weighted by Gasteiger charge is 2.30. The largest absolute Gasteiger partial charge is 0.459 e. The smallest absolute Gasteiger partial charge is 0.416 e. The molecule has 0 saturated heterocycles. The summed E-state index contributed by atoms with van der Waals surface area (Å²) < 4.78 is 43.1. The van der Waals surface area contributed by atoms with Crippen LogP contribution in [0.4, 0.5) is 13.2 Å². The molecule has 0 radical (unpaired) electrons.